The maximum atomic E-state index is 9.34. The van der Waals surface area contributed by atoms with Crippen molar-refractivity contribution >= 4 is 23.1 Å². The van der Waals surface area contributed by atoms with Gasteiger partial charge in [-0.05, 0) is 0 Å². The summed E-state index contributed by atoms with van der Waals surface area (Å²) < 4.78 is 5.19. The molecule has 18 heavy (non-hydrogen) atoms. The fourth-order valence-corrected chi connectivity index (χ4v) is 3.86. The van der Waals surface area contributed by atoms with Crippen LogP contribution in [0.15, 0.2) is 5.38 Å². The maximum absolute atomic E-state index is 9.34. The highest BCUT2D eigenvalue weighted by Crippen LogP contribution is 2.33. The monoisotopic (exact) mass is 287 g/mol. The van der Waals surface area contributed by atoms with Crippen LogP contribution in [0.1, 0.15) is 31.5 Å². The van der Waals surface area contributed by atoms with Gasteiger partial charge in [-0.25, -0.2) is 4.98 Å². The van der Waals surface area contributed by atoms with E-state index in [-0.39, 0.29) is 17.4 Å². The molecule has 1 fully saturated rings. The Hall–Kier alpha value is -0.100. The molecular formula is C13H21NO2S2. The van der Waals surface area contributed by atoms with Gasteiger partial charge in [0.25, 0.3) is 0 Å². The minimum atomic E-state index is 0.00749. The number of hydrogen-bond acceptors (Lipinski definition) is 5. The molecule has 2 heterocycles. The number of aliphatic hydroxyl groups excluding tert-OH is 1. The average molecular weight is 287 g/mol. The number of nitrogens with zero attached hydrogens (tertiary/aromatic N) is 1. The zero-order valence-electron chi connectivity index (χ0n) is 11.2. The van der Waals surface area contributed by atoms with Crippen LogP contribution in [-0.4, -0.2) is 35.7 Å². The number of thioether (sulfide) groups is 1. The average Bonchev–Trinajstić information content (AvgIpc) is 2.70. The molecule has 1 N–H and O–H groups in total. The van der Waals surface area contributed by atoms with E-state index in [9.17, 15) is 5.11 Å². The first-order chi connectivity index (χ1) is 8.45. The third-order valence-corrected chi connectivity index (χ3v) is 5.64. The number of rotatable bonds is 5. The molecule has 1 aromatic rings. The fourth-order valence-electron chi connectivity index (χ4n) is 1.70. The number of hydrogen-bond donors (Lipinski definition) is 1. The minimum Gasteiger partial charge on any atom is -0.396 e. The lowest BCUT2D eigenvalue weighted by Crippen LogP contribution is -2.47. The van der Waals surface area contributed by atoms with Gasteiger partial charge in [-0.3, -0.25) is 0 Å². The Bertz CT molecular complexity index is 388. The number of aromatic nitrogens is 1. The summed E-state index contributed by atoms with van der Waals surface area (Å²) in [6.45, 7) is 8.19. The Morgan fingerprint density at radius 3 is 2.67 bits per heavy atom. The lowest BCUT2D eigenvalue weighted by molar-refractivity contribution is -0.121. The van der Waals surface area contributed by atoms with Crippen molar-refractivity contribution in [3.63, 3.8) is 0 Å². The molecule has 0 unspecified atom stereocenters. The molecule has 3 nitrogen and oxygen atoms in total. The van der Waals surface area contributed by atoms with Gasteiger partial charge in [-0.1, -0.05) is 20.8 Å². The van der Waals surface area contributed by atoms with Gasteiger partial charge in [0.1, 0.15) is 0 Å². The molecule has 0 spiro atoms. The molecule has 1 saturated heterocycles. The second-order valence-electron chi connectivity index (χ2n) is 6.04. The van der Waals surface area contributed by atoms with Crippen molar-refractivity contribution in [2.24, 2.45) is 5.41 Å². The molecular weight excluding hydrogens is 266 g/mol. The second kappa shape index (κ2) is 5.49. The number of aliphatic hydroxyl groups is 1. The third kappa shape index (κ3) is 3.26. The molecule has 0 amide bonds. The molecule has 0 bridgehead atoms. The molecule has 5 heteroatoms. The van der Waals surface area contributed by atoms with E-state index in [0.717, 1.165) is 17.2 Å². The summed E-state index contributed by atoms with van der Waals surface area (Å²) in [4.78, 5) is 4.67. The minimum absolute atomic E-state index is 0.00749. The Kier molecular flexibility index (Phi) is 4.36. The SMILES string of the molecule is CC(C)(C)c1nc(CSCC2(CO)COC2)cs1. The molecule has 1 aliphatic rings. The van der Waals surface area contributed by atoms with Gasteiger partial charge in [0, 0.05) is 27.7 Å². The van der Waals surface area contributed by atoms with Crippen LogP contribution >= 0.6 is 23.1 Å². The molecule has 1 aromatic heterocycles. The van der Waals surface area contributed by atoms with Crippen LogP contribution in [-0.2, 0) is 15.9 Å². The van der Waals surface area contributed by atoms with Crippen molar-refractivity contribution in [2.75, 3.05) is 25.6 Å². The van der Waals surface area contributed by atoms with E-state index in [1.54, 1.807) is 11.3 Å². The molecule has 2 rings (SSSR count). The fraction of sp³-hybridized carbons (Fsp3) is 0.769. The lowest BCUT2D eigenvalue weighted by Gasteiger charge is -2.39. The van der Waals surface area contributed by atoms with Crippen LogP contribution in [0.25, 0.3) is 0 Å². The van der Waals surface area contributed by atoms with Gasteiger partial charge in [0.15, 0.2) is 0 Å². The van der Waals surface area contributed by atoms with Crippen molar-refractivity contribution in [2.45, 2.75) is 31.9 Å². The lowest BCUT2D eigenvalue weighted by atomic mass is 9.90. The van der Waals surface area contributed by atoms with Gasteiger partial charge >= 0.3 is 0 Å². The predicted molar refractivity (Wildman–Crippen MR) is 77.3 cm³/mol. The Balaban J connectivity index is 1.82. The van der Waals surface area contributed by atoms with Crippen LogP contribution in [0.4, 0.5) is 0 Å². The van der Waals surface area contributed by atoms with Crippen LogP contribution in [0.3, 0.4) is 0 Å². The Labute approximate surface area is 117 Å². The largest absolute Gasteiger partial charge is 0.396 e. The van der Waals surface area contributed by atoms with E-state index < -0.39 is 0 Å². The van der Waals surface area contributed by atoms with Crippen LogP contribution in [0.2, 0.25) is 0 Å². The van der Waals surface area contributed by atoms with Gasteiger partial charge in [-0.2, -0.15) is 11.8 Å². The maximum Gasteiger partial charge on any atom is 0.0982 e. The summed E-state index contributed by atoms with van der Waals surface area (Å²) in [7, 11) is 0. The van der Waals surface area contributed by atoms with Gasteiger partial charge in [-0.15, -0.1) is 11.3 Å². The van der Waals surface area contributed by atoms with Gasteiger partial charge in [0.2, 0.25) is 0 Å². The van der Waals surface area contributed by atoms with Crippen molar-refractivity contribution in [1.82, 2.24) is 4.98 Å². The van der Waals surface area contributed by atoms with Crippen molar-refractivity contribution in [1.29, 1.82) is 0 Å². The van der Waals surface area contributed by atoms with Crippen LogP contribution in [0.5, 0.6) is 0 Å². The highest BCUT2D eigenvalue weighted by atomic mass is 32.2. The van der Waals surface area contributed by atoms with E-state index >= 15 is 0 Å². The molecule has 0 aliphatic carbocycles. The smallest absolute Gasteiger partial charge is 0.0982 e. The summed E-state index contributed by atoms with van der Waals surface area (Å²) in [6.07, 6.45) is 0. The topological polar surface area (TPSA) is 42.4 Å². The summed E-state index contributed by atoms with van der Waals surface area (Å²) in [6, 6.07) is 0. The summed E-state index contributed by atoms with van der Waals surface area (Å²) in [5, 5.41) is 12.7. The summed E-state index contributed by atoms with van der Waals surface area (Å²) in [5.74, 6) is 1.88. The summed E-state index contributed by atoms with van der Waals surface area (Å²) in [5.41, 5.74) is 1.30. The standard InChI is InChI=1S/C13H21NO2S2/c1-12(2,3)11-14-10(5-18-11)4-17-9-13(6-15)7-16-8-13/h5,15H,4,6-9H2,1-3H3. The third-order valence-electron chi connectivity index (χ3n) is 3.00. The highest BCUT2D eigenvalue weighted by molar-refractivity contribution is 7.98. The van der Waals surface area contributed by atoms with E-state index in [1.807, 2.05) is 11.8 Å². The Morgan fingerprint density at radius 2 is 2.22 bits per heavy atom. The predicted octanol–water partition coefficient (Wildman–Crippen LogP) is 2.68. The van der Waals surface area contributed by atoms with Crippen LogP contribution < -0.4 is 0 Å². The molecule has 102 valence electrons. The van der Waals surface area contributed by atoms with Crippen LogP contribution in [0, 0.1) is 5.41 Å². The molecule has 1 aliphatic heterocycles. The first kappa shape index (κ1) is 14.3. The zero-order chi connectivity index (χ0) is 13.2. The van der Waals surface area contributed by atoms with E-state index in [4.69, 9.17) is 4.74 Å². The van der Waals surface area contributed by atoms with E-state index in [0.29, 0.717) is 13.2 Å². The quantitative estimate of drug-likeness (QED) is 0.904. The van der Waals surface area contributed by atoms with Crippen molar-refractivity contribution in [3.8, 4) is 0 Å². The van der Waals surface area contributed by atoms with E-state index in [2.05, 4.69) is 31.1 Å². The molecule has 0 aromatic carbocycles. The molecule has 0 atom stereocenters. The first-order valence-corrected chi connectivity index (χ1v) is 8.20. The highest BCUT2D eigenvalue weighted by Gasteiger charge is 2.37. The van der Waals surface area contributed by atoms with E-state index in [1.165, 1.54) is 5.01 Å². The van der Waals surface area contributed by atoms with Gasteiger partial charge < -0.3 is 9.84 Å². The van der Waals surface area contributed by atoms with Crippen molar-refractivity contribution in [3.05, 3.63) is 16.1 Å². The Morgan fingerprint density at radius 1 is 1.50 bits per heavy atom. The molecule has 0 saturated carbocycles. The second-order valence-corrected chi connectivity index (χ2v) is 7.88. The first-order valence-electron chi connectivity index (χ1n) is 6.16. The van der Waals surface area contributed by atoms with Crippen molar-refractivity contribution < 1.29 is 9.84 Å². The molecule has 0 radical (unpaired) electrons. The number of ether oxygens (including phenoxy) is 1. The summed E-state index contributed by atoms with van der Waals surface area (Å²) >= 11 is 3.58. The zero-order valence-corrected chi connectivity index (χ0v) is 12.9. The van der Waals surface area contributed by atoms with Gasteiger partial charge in [0.05, 0.1) is 30.5 Å². The number of thiazole rings is 1. The normalized spacial score (nSPS) is 18.7.